The number of hydrogen-bond acceptors (Lipinski definition) is 3. The SMILES string of the molecule is NC(=S)Oc1ccccc1Cl.NC(O)=S. The number of nitrogens with two attached hydrogens (primary N) is 2. The van der Waals surface area contributed by atoms with Crippen molar-refractivity contribution in [3.05, 3.63) is 29.3 Å². The Kier molecular flexibility index (Phi) is 6.68. The van der Waals surface area contributed by atoms with Gasteiger partial charge in [0.05, 0.1) is 5.02 Å². The molecule has 0 amide bonds. The lowest BCUT2D eigenvalue weighted by atomic mass is 10.3. The summed E-state index contributed by atoms with van der Waals surface area (Å²) in [5.74, 6) is 0.488. The summed E-state index contributed by atoms with van der Waals surface area (Å²) in [5, 5.41) is 7.54. The largest absolute Gasteiger partial charge is 0.487 e. The van der Waals surface area contributed by atoms with Crippen LogP contribution < -0.4 is 16.2 Å². The lowest BCUT2D eigenvalue weighted by Crippen LogP contribution is -2.15. The molecule has 0 aliphatic carbocycles. The Morgan fingerprint density at radius 2 is 1.73 bits per heavy atom. The number of halogens is 1. The normalized spacial score (nSPS) is 8.33. The summed E-state index contributed by atoms with van der Waals surface area (Å²) in [6, 6.07) is 6.99. The van der Waals surface area contributed by atoms with Crippen LogP contribution in [-0.2, 0) is 0 Å². The Balaban J connectivity index is 0.000000423. The van der Waals surface area contributed by atoms with E-state index in [1.54, 1.807) is 24.3 Å². The first kappa shape index (κ1) is 13.9. The van der Waals surface area contributed by atoms with Gasteiger partial charge in [-0.3, -0.25) is 0 Å². The summed E-state index contributed by atoms with van der Waals surface area (Å²) in [7, 11) is 0. The van der Waals surface area contributed by atoms with Gasteiger partial charge in [0.2, 0.25) is 0 Å². The van der Waals surface area contributed by atoms with Crippen molar-refractivity contribution in [2.24, 2.45) is 11.5 Å². The maximum Gasteiger partial charge on any atom is 0.259 e. The predicted molar refractivity (Wildman–Crippen MR) is 68.3 cm³/mol. The van der Waals surface area contributed by atoms with E-state index in [0.717, 1.165) is 0 Å². The molecule has 4 nitrogen and oxygen atoms in total. The second-order valence-electron chi connectivity index (χ2n) is 2.19. The van der Waals surface area contributed by atoms with Gasteiger partial charge in [0.25, 0.3) is 10.3 Å². The van der Waals surface area contributed by atoms with Gasteiger partial charge >= 0.3 is 0 Å². The van der Waals surface area contributed by atoms with E-state index in [9.17, 15) is 0 Å². The number of thiocarbonyl (C=S) groups is 2. The quantitative estimate of drug-likeness (QED) is 0.671. The minimum atomic E-state index is -0.500. The number of benzene rings is 1. The van der Waals surface area contributed by atoms with Crippen LogP contribution in [0.4, 0.5) is 0 Å². The van der Waals surface area contributed by atoms with E-state index in [1.807, 2.05) is 0 Å². The molecule has 5 N–H and O–H groups in total. The van der Waals surface area contributed by atoms with E-state index in [0.29, 0.717) is 10.8 Å². The first-order valence-electron chi connectivity index (χ1n) is 3.63. The molecule has 0 heterocycles. The van der Waals surface area contributed by atoms with Gasteiger partial charge in [0, 0.05) is 0 Å². The standard InChI is InChI=1S/C7H6ClNOS.CH3NOS/c8-5-3-1-2-4-6(5)10-7(9)11;2-1(3)4/h1-4H,(H2,9,11);(H3,2,3,4). The molecule has 0 saturated carbocycles. The molecule has 1 rings (SSSR count). The summed E-state index contributed by atoms with van der Waals surface area (Å²) in [6.45, 7) is 0. The van der Waals surface area contributed by atoms with Gasteiger partial charge < -0.3 is 21.3 Å². The molecule has 0 fully saturated rings. The molecule has 0 radical (unpaired) electrons. The smallest absolute Gasteiger partial charge is 0.259 e. The molecule has 0 unspecified atom stereocenters. The van der Waals surface area contributed by atoms with Crippen LogP contribution in [0.5, 0.6) is 5.75 Å². The van der Waals surface area contributed by atoms with E-state index in [2.05, 4.69) is 30.2 Å². The second-order valence-corrected chi connectivity index (χ2v) is 3.42. The van der Waals surface area contributed by atoms with Crippen LogP contribution in [0.15, 0.2) is 24.3 Å². The van der Waals surface area contributed by atoms with Crippen LogP contribution in [0.3, 0.4) is 0 Å². The third-order valence-electron chi connectivity index (χ3n) is 1.05. The highest BCUT2D eigenvalue weighted by Gasteiger charge is 1.99. The lowest BCUT2D eigenvalue weighted by molar-refractivity contribution is 0.557. The Bertz CT molecular complexity index is 356. The van der Waals surface area contributed by atoms with Crippen LogP contribution in [0.25, 0.3) is 0 Å². The minimum absolute atomic E-state index is 0.0295. The highest BCUT2D eigenvalue weighted by Crippen LogP contribution is 2.22. The van der Waals surface area contributed by atoms with E-state index in [-0.39, 0.29) is 5.17 Å². The zero-order chi connectivity index (χ0) is 11.8. The van der Waals surface area contributed by atoms with E-state index < -0.39 is 5.17 Å². The molecule has 1 aromatic carbocycles. The zero-order valence-corrected chi connectivity index (χ0v) is 9.90. The van der Waals surface area contributed by atoms with Crippen molar-refractivity contribution in [3.8, 4) is 5.75 Å². The fourth-order valence-corrected chi connectivity index (χ4v) is 0.900. The molecule has 15 heavy (non-hydrogen) atoms. The number of ether oxygens (including phenoxy) is 1. The number of para-hydroxylation sites is 1. The lowest BCUT2D eigenvalue weighted by Gasteiger charge is -2.02. The fraction of sp³-hybridized carbons (Fsp3) is 0. The molecule has 0 aromatic heterocycles. The molecule has 0 saturated heterocycles. The van der Waals surface area contributed by atoms with Gasteiger partial charge in [0.15, 0.2) is 0 Å². The molecule has 0 aliphatic rings. The molecule has 0 spiro atoms. The molecule has 0 bridgehead atoms. The average molecular weight is 265 g/mol. The topological polar surface area (TPSA) is 81.5 Å². The summed E-state index contributed by atoms with van der Waals surface area (Å²) >= 11 is 14.1. The molecule has 82 valence electrons. The van der Waals surface area contributed by atoms with Gasteiger partial charge in [-0.1, -0.05) is 23.7 Å². The molecular formula is C8H9ClN2O2S2. The van der Waals surface area contributed by atoms with Gasteiger partial charge in [-0.25, -0.2) is 0 Å². The van der Waals surface area contributed by atoms with Crippen molar-refractivity contribution in [1.82, 2.24) is 0 Å². The predicted octanol–water partition coefficient (Wildman–Crippen LogP) is 1.75. The summed E-state index contributed by atoms with van der Waals surface area (Å²) < 4.78 is 4.92. The number of rotatable bonds is 1. The highest BCUT2D eigenvalue weighted by atomic mass is 35.5. The van der Waals surface area contributed by atoms with Crippen LogP contribution in [0, 0.1) is 0 Å². The highest BCUT2D eigenvalue weighted by molar-refractivity contribution is 7.80. The number of hydrogen-bond donors (Lipinski definition) is 3. The Labute approximate surface area is 103 Å². The molecule has 1 aromatic rings. The van der Waals surface area contributed by atoms with E-state index in [4.69, 9.17) is 27.2 Å². The first-order valence-corrected chi connectivity index (χ1v) is 4.83. The van der Waals surface area contributed by atoms with Crippen LogP contribution in [0.1, 0.15) is 0 Å². The maximum atomic E-state index is 7.56. The van der Waals surface area contributed by atoms with Crippen molar-refractivity contribution >= 4 is 46.4 Å². The van der Waals surface area contributed by atoms with Gasteiger partial charge in [-0.05, 0) is 36.6 Å². The van der Waals surface area contributed by atoms with E-state index >= 15 is 0 Å². The first-order chi connectivity index (χ1) is 6.93. The van der Waals surface area contributed by atoms with Crippen LogP contribution >= 0.6 is 36.0 Å². The Morgan fingerprint density at radius 1 is 1.27 bits per heavy atom. The number of aliphatic hydroxyl groups excluding tert-OH is 1. The second kappa shape index (κ2) is 7.22. The third-order valence-corrected chi connectivity index (χ3v) is 1.44. The number of aliphatic hydroxyl groups is 1. The average Bonchev–Trinajstić information content (AvgIpc) is 2.07. The molecular weight excluding hydrogens is 256 g/mol. The zero-order valence-electron chi connectivity index (χ0n) is 7.51. The summed E-state index contributed by atoms with van der Waals surface area (Å²) in [5.41, 5.74) is 9.54. The monoisotopic (exact) mass is 264 g/mol. The maximum absolute atomic E-state index is 7.56. The molecule has 7 heteroatoms. The van der Waals surface area contributed by atoms with Crippen LogP contribution in [0.2, 0.25) is 5.02 Å². The Morgan fingerprint density at radius 3 is 2.13 bits per heavy atom. The van der Waals surface area contributed by atoms with Crippen molar-refractivity contribution in [3.63, 3.8) is 0 Å². The van der Waals surface area contributed by atoms with Crippen molar-refractivity contribution in [2.45, 2.75) is 0 Å². The summed E-state index contributed by atoms with van der Waals surface area (Å²) in [6.07, 6.45) is 0. The Hall–Kier alpha value is -1.11. The van der Waals surface area contributed by atoms with Crippen molar-refractivity contribution < 1.29 is 9.84 Å². The van der Waals surface area contributed by atoms with Gasteiger partial charge in [0.1, 0.15) is 5.75 Å². The minimum Gasteiger partial charge on any atom is -0.487 e. The van der Waals surface area contributed by atoms with Crippen molar-refractivity contribution in [2.75, 3.05) is 0 Å². The molecule has 0 atom stereocenters. The van der Waals surface area contributed by atoms with E-state index in [1.165, 1.54) is 0 Å². The van der Waals surface area contributed by atoms with Crippen LogP contribution in [-0.4, -0.2) is 15.5 Å². The van der Waals surface area contributed by atoms with Crippen molar-refractivity contribution in [1.29, 1.82) is 0 Å². The van der Waals surface area contributed by atoms with Gasteiger partial charge in [-0.2, -0.15) is 0 Å². The fourth-order valence-electron chi connectivity index (χ4n) is 0.636. The van der Waals surface area contributed by atoms with Gasteiger partial charge in [-0.15, -0.1) is 0 Å². The third kappa shape index (κ3) is 7.92. The molecule has 0 aliphatic heterocycles. The summed E-state index contributed by atoms with van der Waals surface area (Å²) in [4.78, 5) is 0.